The predicted molar refractivity (Wildman–Crippen MR) is 127 cm³/mol. The predicted octanol–water partition coefficient (Wildman–Crippen LogP) is 2.75. The highest BCUT2D eigenvalue weighted by Crippen LogP contribution is 2.27. The Morgan fingerprint density at radius 3 is 2.09 bits per heavy atom. The number of piperazine rings is 1. The van der Waals surface area contributed by atoms with Crippen LogP contribution in [0.15, 0.2) is 36.4 Å². The number of fused-ring (bicyclic) bond motifs is 1. The van der Waals surface area contributed by atoms with E-state index in [-0.39, 0.29) is 25.0 Å². The second-order valence-electron chi connectivity index (χ2n) is 9.70. The van der Waals surface area contributed by atoms with Crippen LogP contribution in [0.3, 0.4) is 0 Å². The maximum Gasteiger partial charge on any atom is 0.412 e. The lowest BCUT2D eigenvalue weighted by Gasteiger charge is -2.34. The van der Waals surface area contributed by atoms with E-state index in [2.05, 4.69) is 10.6 Å². The van der Waals surface area contributed by atoms with Gasteiger partial charge in [-0.05, 0) is 56.5 Å². The van der Waals surface area contributed by atoms with E-state index in [0.29, 0.717) is 24.3 Å². The van der Waals surface area contributed by atoms with Crippen LogP contribution in [0.25, 0.3) is 10.8 Å². The number of carbonyl (C=O) groups excluding carboxylic acids is 4. The standard InChI is InChI=1S/C25H30N4O5/c1-25(2,3)34-24(33)27-20-15-17-7-5-4-6-16(17)14-19(20)22(31)28-10-12-29(13-11-28)23(32)21(30)26-18-8-9-18/h4-7,14-15,18H,8-13H2,1-3H3,(H,26,30)(H,27,33). The number of nitrogens with one attached hydrogen (secondary N) is 2. The lowest BCUT2D eigenvalue weighted by Crippen LogP contribution is -2.54. The molecule has 1 heterocycles. The summed E-state index contributed by atoms with van der Waals surface area (Å²) in [7, 11) is 0. The average molecular weight is 467 g/mol. The van der Waals surface area contributed by atoms with E-state index in [4.69, 9.17) is 4.74 Å². The van der Waals surface area contributed by atoms with Gasteiger partial charge in [0.25, 0.3) is 5.91 Å². The Kier molecular flexibility index (Phi) is 6.45. The highest BCUT2D eigenvalue weighted by Gasteiger charge is 2.32. The maximum absolute atomic E-state index is 13.4. The van der Waals surface area contributed by atoms with Crippen molar-refractivity contribution in [2.45, 2.75) is 45.3 Å². The van der Waals surface area contributed by atoms with Gasteiger partial charge in [-0.25, -0.2) is 4.79 Å². The summed E-state index contributed by atoms with van der Waals surface area (Å²) in [4.78, 5) is 53.4. The molecule has 2 N–H and O–H groups in total. The number of carbonyl (C=O) groups is 4. The van der Waals surface area contributed by atoms with Crippen molar-refractivity contribution in [2.24, 2.45) is 0 Å². The van der Waals surface area contributed by atoms with E-state index < -0.39 is 23.5 Å². The summed E-state index contributed by atoms with van der Waals surface area (Å²) in [6.45, 7) is 6.43. The van der Waals surface area contributed by atoms with Crippen molar-refractivity contribution in [2.75, 3.05) is 31.5 Å². The lowest BCUT2D eigenvalue weighted by molar-refractivity contribution is -0.146. The Balaban J connectivity index is 1.49. The molecule has 0 bridgehead atoms. The molecule has 2 aliphatic rings. The van der Waals surface area contributed by atoms with Gasteiger partial charge in [0.2, 0.25) is 0 Å². The molecule has 4 amide bonds. The number of rotatable bonds is 3. The Labute approximate surface area is 198 Å². The van der Waals surface area contributed by atoms with Gasteiger partial charge < -0.3 is 19.9 Å². The molecule has 9 nitrogen and oxygen atoms in total. The summed E-state index contributed by atoms with van der Waals surface area (Å²) in [6, 6.07) is 11.2. The molecule has 0 atom stereocenters. The molecule has 0 unspecified atom stereocenters. The van der Waals surface area contributed by atoms with Gasteiger partial charge in [0, 0.05) is 32.2 Å². The Morgan fingerprint density at radius 1 is 0.912 bits per heavy atom. The average Bonchev–Trinajstić information content (AvgIpc) is 3.60. The van der Waals surface area contributed by atoms with Crippen LogP contribution in [-0.4, -0.2) is 71.4 Å². The second-order valence-corrected chi connectivity index (χ2v) is 9.70. The Hall–Kier alpha value is -3.62. The van der Waals surface area contributed by atoms with Gasteiger partial charge in [0.15, 0.2) is 0 Å². The number of hydrogen-bond acceptors (Lipinski definition) is 5. The van der Waals surface area contributed by atoms with E-state index in [1.165, 1.54) is 4.90 Å². The van der Waals surface area contributed by atoms with Crippen molar-refractivity contribution in [1.82, 2.24) is 15.1 Å². The van der Waals surface area contributed by atoms with Gasteiger partial charge in [-0.2, -0.15) is 0 Å². The molecule has 1 aliphatic carbocycles. The number of amides is 4. The summed E-state index contributed by atoms with van der Waals surface area (Å²) in [5.74, 6) is -1.40. The van der Waals surface area contributed by atoms with E-state index in [9.17, 15) is 19.2 Å². The molecule has 0 spiro atoms. The molecule has 2 aromatic rings. The second kappa shape index (κ2) is 9.32. The summed E-state index contributed by atoms with van der Waals surface area (Å²) >= 11 is 0. The van der Waals surface area contributed by atoms with Crippen molar-refractivity contribution in [1.29, 1.82) is 0 Å². The van der Waals surface area contributed by atoms with Crippen LogP contribution in [0.5, 0.6) is 0 Å². The van der Waals surface area contributed by atoms with Crippen LogP contribution in [0.2, 0.25) is 0 Å². The third kappa shape index (κ3) is 5.65. The Morgan fingerprint density at radius 2 is 1.50 bits per heavy atom. The van der Waals surface area contributed by atoms with E-state index in [0.717, 1.165) is 23.6 Å². The van der Waals surface area contributed by atoms with Crippen LogP contribution >= 0.6 is 0 Å². The molecular weight excluding hydrogens is 436 g/mol. The highest BCUT2D eigenvalue weighted by molar-refractivity contribution is 6.35. The van der Waals surface area contributed by atoms with E-state index in [1.54, 1.807) is 37.8 Å². The molecule has 2 fully saturated rings. The minimum Gasteiger partial charge on any atom is -0.444 e. The molecular formula is C25H30N4O5. The summed E-state index contributed by atoms with van der Waals surface area (Å²) in [5, 5.41) is 7.17. The molecule has 1 saturated heterocycles. The molecule has 180 valence electrons. The molecule has 4 rings (SSSR count). The third-order valence-electron chi connectivity index (χ3n) is 5.71. The van der Waals surface area contributed by atoms with Gasteiger partial charge in [-0.1, -0.05) is 24.3 Å². The zero-order valence-corrected chi connectivity index (χ0v) is 19.7. The zero-order chi connectivity index (χ0) is 24.5. The topological polar surface area (TPSA) is 108 Å². The van der Waals surface area contributed by atoms with Gasteiger partial charge in [0.05, 0.1) is 11.3 Å². The summed E-state index contributed by atoms with van der Waals surface area (Å²) in [5.41, 5.74) is 0.0239. The van der Waals surface area contributed by atoms with Gasteiger partial charge >= 0.3 is 17.9 Å². The fourth-order valence-corrected chi connectivity index (χ4v) is 3.84. The molecule has 0 aromatic heterocycles. The largest absolute Gasteiger partial charge is 0.444 e. The summed E-state index contributed by atoms with van der Waals surface area (Å²) in [6.07, 6.45) is 1.17. The first kappa shape index (κ1) is 23.5. The minimum atomic E-state index is -0.681. The monoisotopic (exact) mass is 466 g/mol. The normalized spacial score (nSPS) is 16.2. The quantitative estimate of drug-likeness (QED) is 0.677. The number of ether oxygens (including phenoxy) is 1. The fraction of sp³-hybridized carbons (Fsp3) is 0.440. The highest BCUT2D eigenvalue weighted by atomic mass is 16.6. The van der Waals surface area contributed by atoms with E-state index >= 15 is 0 Å². The van der Waals surface area contributed by atoms with Crippen LogP contribution in [0.4, 0.5) is 10.5 Å². The number of benzene rings is 2. The minimum absolute atomic E-state index is 0.114. The SMILES string of the molecule is CC(C)(C)OC(=O)Nc1cc2ccccc2cc1C(=O)N1CCN(C(=O)C(=O)NC2CC2)CC1. The number of hydrogen-bond donors (Lipinski definition) is 2. The van der Waals surface area contributed by atoms with Crippen LogP contribution in [0.1, 0.15) is 44.0 Å². The van der Waals surface area contributed by atoms with Crippen LogP contribution in [-0.2, 0) is 14.3 Å². The van der Waals surface area contributed by atoms with Crippen molar-refractivity contribution in [3.8, 4) is 0 Å². The molecule has 9 heteroatoms. The molecule has 1 saturated carbocycles. The Bertz CT molecular complexity index is 1130. The molecule has 34 heavy (non-hydrogen) atoms. The first-order valence-corrected chi connectivity index (χ1v) is 11.5. The first-order chi connectivity index (χ1) is 16.1. The van der Waals surface area contributed by atoms with Crippen molar-refractivity contribution >= 4 is 40.3 Å². The lowest BCUT2D eigenvalue weighted by atomic mass is 10.0. The van der Waals surface area contributed by atoms with Crippen LogP contribution < -0.4 is 10.6 Å². The smallest absolute Gasteiger partial charge is 0.412 e. The fourth-order valence-electron chi connectivity index (χ4n) is 3.84. The van der Waals surface area contributed by atoms with Gasteiger partial charge in [-0.15, -0.1) is 0 Å². The molecule has 1 aliphatic heterocycles. The zero-order valence-electron chi connectivity index (χ0n) is 19.7. The van der Waals surface area contributed by atoms with Crippen LogP contribution in [0, 0.1) is 0 Å². The van der Waals surface area contributed by atoms with Crippen molar-refractivity contribution < 1.29 is 23.9 Å². The van der Waals surface area contributed by atoms with Gasteiger partial charge in [-0.3, -0.25) is 19.7 Å². The summed E-state index contributed by atoms with van der Waals surface area (Å²) < 4.78 is 5.37. The first-order valence-electron chi connectivity index (χ1n) is 11.5. The third-order valence-corrected chi connectivity index (χ3v) is 5.71. The van der Waals surface area contributed by atoms with Gasteiger partial charge in [0.1, 0.15) is 5.60 Å². The van der Waals surface area contributed by atoms with E-state index in [1.807, 2.05) is 24.3 Å². The molecule has 0 radical (unpaired) electrons. The number of anilines is 1. The maximum atomic E-state index is 13.4. The van der Waals surface area contributed by atoms with Crippen molar-refractivity contribution in [3.05, 3.63) is 42.0 Å². The number of nitrogens with zero attached hydrogens (tertiary/aromatic N) is 2. The molecule has 2 aromatic carbocycles. The van der Waals surface area contributed by atoms with Crippen molar-refractivity contribution in [3.63, 3.8) is 0 Å².